The number of hydrogen-bond donors (Lipinski definition) is 2. The van der Waals surface area contributed by atoms with Gasteiger partial charge in [0.05, 0.1) is 5.69 Å². The fourth-order valence-corrected chi connectivity index (χ4v) is 2.45. The Labute approximate surface area is 91.7 Å². The summed E-state index contributed by atoms with van der Waals surface area (Å²) in [5.41, 5.74) is 3.67. The van der Waals surface area contributed by atoms with Gasteiger partial charge in [-0.3, -0.25) is 5.10 Å². The molecule has 15 heavy (non-hydrogen) atoms. The number of nitrogens with one attached hydrogen (secondary N) is 2. The SMILES string of the molecule is Cc1n[nH]c(C)c1CNCC1CCCC1. The maximum Gasteiger partial charge on any atom is 0.0638 e. The van der Waals surface area contributed by atoms with Crippen LogP contribution < -0.4 is 5.32 Å². The quantitative estimate of drug-likeness (QED) is 0.795. The van der Waals surface area contributed by atoms with E-state index in [-0.39, 0.29) is 0 Å². The van der Waals surface area contributed by atoms with Gasteiger partial charge in [0.15, 0.2) is 0 Å². The van der Waals surface area contributed by atoms with Crippen LogP contribution in [0.5, 0.6) is 0 Å². The molecule has 84 valence electrons. The van der Waals surface area contributed by atoms with Crippen LogP contribution in [0.2, 0.25) is 0 Å². The Morgan fingerprint density at radius 3 is 2.67 bits per heavy atom. The maximum atomic E-state index is 4.20. The molecule has 0 saturated heterocycles. The van der Waals surface area contributed by atoms with E-state index in [0.717, 1.165) is 18.2 Å². The Bertz CT molecular complexity index is 291. The van der Waals surface area contributed by atoms with Crippen molar-refractivity contribution in [3.63, 3.8) is 0 Å². The summed E-state index contributed by atoms with van der Waals surface area (Å²) in [6, 6.07) is 0. The first-order chi connectivity index (χ1) is 7.27. The molecule has 1 aromatic rings. The minimum absolute atomic E-state index is 0.914. The van der Waals surface area contributed by atoms with E-state index in [9.17, 15) is 0 Å². The first-order valence-corrected chi connectivity index (χ1v) is 5.98. The van der Waals surface area contributed by atoms with E-state index in [2.05, 4.69) is 29.4 Å². The van der Waals surface area contributed by atoms with Crippen LogP contribution in [0, 0.1) is 19.8 Å². The van der Waals surface area contributed by atoms with Gasteiger partial charge in [-0.05, 0) is 39.2 Å². The first-order valence-electron chi connectivity index (χ1n) is 5.98. The molecular formula is C12H21N3. The molecule has 0 amide bonds. The van der Waals surface area contributed by atoms with Gasteiger partial charge in [0.25, 0.3) is 0 Å². The van der Waals surface area contributed by atoms with Crippen LogP contribution in [-0.2, 0) is 6.54 Å². The van der Waals surface area contributed by atoms with Crippen LogP contribution in [0.4, 0.5) is 0 Å². The number of nitrogens with zero attached hydrogens (tertiary/aromatic N) is 1. The smallest absolute Gasteiger partial charge is 0.0638 e. The highest BCUT2D eigenvalue weighted by atomic mass is 15.1. The van der Waals surface area contributed by atoms with E-state index in [1.165, 1.54) is 43.5 Å². The molecule has 0 unspecified atom stereocenters. The van der Waals surface area contributed by atoms with Gasteiger partial charge < -0.3 is 5.32 Å². The number of aromatic nitrogens is 2. The third-order valence-electron chi connectivity index (χ3n) is 3.49. The highest BCUT2D eigenvalue weighted by Gasteiger charge is 2.14. The van der Waals surface area contributed by atoms with E-state index in [4.69, 9.17) is 0 Å². The molecule has 3 heteroatoms. The van der Waals surface area contributed by atoms with Crippen LogP contribution in [0.3, 0.4) is 0 Å². The van der Waals surface area contributed by atoms with Crippen molar-refractivity contribution < 1.29 is 0 Å². The average molecular weight is 207 g/mol. The Morgan fingerprint density at radius 1 is 1.33 bits per heavy atom. The van der Waals surface area contributed by atoms with Crippen molar-refractivity contribution in [1.82, 2.24) is 15.5 Å². The Kier molecular flexibility index (Phi) is 3.41. The monoisotopic (exact) mass is 207 g/mol. The lowest BCUT2D eigenvalue weighted by molar-refractivity contribution is 0.488. The van der Waals surface area contributed by atoms with Crippen molar-refractivity contribution >= 4 is 0 Å². The average Bonchev–Trinajstić information content (AvgIpc) is 2.82. The molecule has 0 aliphatic heterocycles. The van der Waals surface area contributed by atoms with Crippen molar-refractivity contribution in [2.24, 2.45) is 5.92 Å². The van der Waals surface area contributed by atoms with Gasteiger partial charge in [-0.15, -0.1) is 0 Å². The zero-order chi connectivity index (χ0) is 10.7. The van der Waals surface area contributed by atoms with E-state index < -0.39 is 0 Å². The van der Waals surface area contributed by atoms with E-state index >= 15 is 0 Å². The molecular weight excluding hydrogens is 186 g/mol. The lowest BCUT2D eigenvalue weighted by Crippen LogP contribution is -2.21. The molecule has 0 spiro atoms. The summed E-state index contributed by atoms with van der Waals surface area (Å²) in [4.78, 5) is 0. The van der Waals surface area contributed by atoms with Crippen molar-refractivity contribution in [2.45, 2.75) is 46.1 Å². The first kappa shape index (κ1) is 10.7. The van der Waals surface area contributed by atoms with Gasteiger partial charge in [0.1, 0.15) is 0 Å². The zero-order valence-corrected chi connectivity index (χ0v) is 9.77. The molecule has 1 saturated carbocycles. The standard InChI is InChI=1S/C12H21N3/c1-9-12(10(2)15-14-9)8-13-7-11-5-3-4-6-11/h11,13H,3-8H2,1-2H3,(H,14,15). The molecule has 1 heterocycles. The summed E-state index contributed by atoms with van der Waals surface area (Å²) in [5.74, 6) is 0.914. The van der Waals surface area contributed by atoms with Crippen LogP contribution >= 0.6 is 0 Å². The van der Waals surface area contributed by atoms with E-state index in [0.29, 0.717) is 0 Å². The number of rotatable bonds is 4. The maximum absolute atomic E-state index is 4.20. The van der Waals surface area contributed by atoms with Gasteiger partial charge in [0, 0.05) is 17.8 Å². The number of aromatic amines is 1. The molecule has 0 bridgehead atoms. The summed E-state index contributed by atoms with van der Waals surface area (Å²) >= 11 is 0. The van der Waals surface area contributed by atoms with Gasteiger partial charge in [-0.2, -0.15) is 5.10 Å². The molecule has 0 radical (unpaired) electrons. The largest absolute Gasteiger partial charge is 0.312 e. The highest BCUT2D eigenvalue weighted by Crippen LogP contribution is 2.23. The minimum atomic E-state index is 0.914. The van der Waals surface area contributed by atoms with Crippen LogP contribution in [0.15, 0.2) is 0 Å². The number of aryl methyl sites for hydroxylation is 2. The Hall–Kier alpha value is -0.830. The highest BCUT2D eigenvalue weighted by molar-refractivity contribution is 5.22. The van der Waals surface area contributed by atoms with Crippen molar-refractivity contribution in [1.29, 1.82) is 0 Å². The molecule has 1 aromatic heterocycles. The molecule has 1 aliphatic rings. The predicted molar refractivity (Wildman–Crippen MR) is 61.7 cm³/mol. The van der Waals surface area contributed by atoms with Gasteiger partial charge in [-0.25, -0.2) is 0 Å². The van der Waals surface area contributed by atoms with Gasteiger partial charge in [-0.1, -0.05) is 12.8 Å². The van der Waals surface area contributed by atoms with E-state index in [1.807, 2.05) is 0 Å². The van der Waals surface area contributed by atoms with Crippen LogP contribution in [0.1, 0.15) is 42.6 Å². The molecule has 2 N–H and O–H groups in total. The molecule has 0 aromatic carbocycles. The van der Waals surface area contributed by atoms with Crippen LogP contribution in [-0.4, -0.2) is 16.7 Å². The lowest BCUT2D eigenvalue weighted by Gasteiger charge is -2.10. The fourth-order valence-electron chi connectivity index (χ4n) is 2.45. The topological polar surface area (TPSA) is 40.7 Å². The van der Waals surface area contributed by atoms with Gasteiger partial charge in [0.2, 0.25) is 0 Å². The second kappa shape index (κ2) is 4.79. The second-order valence-electron chi connectivity index (χ2n) is 4.69. The normalized spacial score (nSPS) is 17.5. The summed E-state index contributed by atoms with van der Waals surface area (Å²) < 4.78 is 0. The van der Waals surface area contributed by atoms with Crippen LogP contribution in [0.25, 0.3) is 0 Å². The predicted octanol–water partition coefficient (Wildman–Crippen LogP) is 2.31. The third-order valence-corrected chi connectivity index (χ3v) is 3.49. The number of hydrogen-bond acceptors (Lipinski definition) is 2. The summed E-state index contributed by atoms with van der Waals surface area (Å²) in [6.07, 6.45) is 5.68. The molecule has 1 aliphatic carbocycles. The fraction of sp³-hybridized carbons (Fsp3) is 0.750. The molecule has 3 nitrogen and oxygen atoms in total. The van der Waals surface area contributed by atoms with Crippen molar-refractivity contribution in [3.05, 3.63) is 17.0 Å². The zero-order valence-electron chi connectivity index (χ0n) is 9.77. The summed E-state index contributed by atoms with van der Waals surface area (Å²) in [6.45, 7) is 6.29. The summed E-state index contributed by atoms with van der Waals surface area (Å²) in [5, 5.41) is 10.8. The Balaban J connectivity index is 1.77. The minimum Gasteiger partial charge on any atom is -0.312 e. The Morgan fingerprint density at radius 2 is 2.07 bits per heavy atom. The van der Waals surface area contributed by atoms with Gasteiger partial charge >= 0.3 is 0 Å². The molecule has 1 fully saturated rings. The molecule has 2 rings (SSSR count). The third kappa shape index (κ3) is 2.59. The summed E-state index contributed by atoms with van der Waals surface area (Å²) in [7, 11) is 0. The lowest BCUT2D eigenvalue weighted by atomic mass is 10.1. The van der Waals surface area contributed by atoms with E-state index in [1.54, 1.807) is 0 Å². The van der Waals surface area contributed by atoms with Crippen molar-refractivity contribution in [3.8, 4) is 0 Å². The molecule has 0 atom stereocenters. The van der Waals surface area contributed by atoms with Crippen molar-refractivity contribution in [2.75, 3.05) is 6.54 Å². The second-order valence-corrected chi connectivity index (χ2v) is 4.69. The number of H-pyrrole nitrogens is 1.